The third kappa shape index (κ3) is 4.34. The topological polar surface area (TPSA) is 82.2 Å². The third-order valence-corrected chi connectivity index (χ3v) is 1.88. The van der Waals surface area contributed by atoms with E-state index in [1.807, 2.05) is 6.92 Å². The van der Waals surface area contributed by atoms with Crippen molar-refractivity contribution in [1.82, 2.24) is 9.78 Å². The smallest absolute Gasteiger partial charge is 0.412 e. The van der Waals surface area contributed by atoms with Crippen molar-refractivity contribution in [2.45, 2.75) is 46.3 Å². The molecular formula is C11H20N4O2. The van der Waals surface area contributed by atoms with Crippen LogP contribution in [-0.4, -0.2) is 21.5 Å². The van der Waals surface area contributed by atoms with Gasteiger partial charge in [0, 0.05) is 6.54 Å². The number of aryl methyl sites for hydroxylation is 1. The van der Waals surface area contributed by atoms with Crippen LogP contribution < -0.4 is 11.1 Å². The van der Waals surface area contributed by atoms with E-state index in [0.29, 0.717) is 11.5 Å². The molecule has 1 rings (SSSR count). The fourth-order valence-electron chi connectivity index (χ4n) is 1.29. The van der Waals surface area contributed by atoms with Gasteiger partial charge >= 0.3 is 6.09 Å². The van der Waals surface area contributed by atoms with Gasteiger partial charge in [-0.3, -0.25) is 10.00 Å². The molecule has 0 bridgehead atoms. The number of rotatable bonds is 3. The molecule has 0 aliphatic heterocycles. The summed E-state index contributed by atoms with van der Waals surface area (Å²) in [6, 6.07) is 0. The summed E-state index contributed by atoms with van der Waals surface area (Å²) in [4.78, 5) is 11.5. The maximum Gasteiger partial charge on any atom is 0.412 e. The Kier molecular flexibility index (Phi) is 3.98. The van der Waals surface area contributed by atoms with E-state index in [4.69, 9.17) is 10.5 Å². The predicted octanol–water partition coefficient (Wildman–Crippen LogP) is 2.22. The molecule has 1 heterocycles. The Morgan fingerprint density at radius 1 is 1.59 bits per heavy atom. The van der Waals surface area contributed by atoms with E-state index in [1.165, 1.54) is 0 Å². The van der Waals surface area contributed by atoms with Crippen molar-refractivity contribution in [3.8, 4) is 0 Å². The zero-order chi connectivity index (χ0) is 13.1. The van der Waals surface area contributed by atoms with Gasteiger partial charge in [-0.05, 0) is 27.2 Å². The highest BCUT2D eigenvalue weighted by atomic mass is 16.6. The molecule has 96 valence electrons. The highest BCUT2D eigenvalue weighted by molar-refractivity contribution is 5.87. The number of nitrogens with zero attached hydrogens (tertiary/aromatic N) is 2. The van der Waals surface area contributed by atoms with Gasteiger partial charge in [0.05, 0.1) is 6.20 Å². The lowest BCUT2D eigenvalue weighted by molar-refractivity contribution is 0.0636. The normalized spacial score (nSPS) is 11.3. The molecule has 0 radical (unpaired) electrons. The summed E-state index contributed by atoms with van der Waals surface area (Å²) in [5.74, 6) is 0.296. The van der Waals surface area contributed by atoms with Crippen LogP contribution in [0.3, 0.4) is 0 Å². The monoisotopic (exact) mass is 240 g/mol. The van der Waals surface area contributed by atoms with E-state index < -0.39 is 11.7 Å². The van der Waals surface area contributed by atoms with Gasteiger partial charge in [-0.15, -0.1) is 0 Å². The summed E-state index contributed by atoms with van der Waals surface area (Å²) in [6.45, 7) is 8.21. The molecule has 0 aliphatic carbocycles. The first-order chi connectivity index (χ1) is 7.81. The quantitative estimate of drug-likeness (QED) is 0.848. The first-order valence-electron chi connectivity index (χ1n) is 5.64. The van der Waals surface area contributed by atoms with Gasteiger partial charge in [0.2, 0.25) is 0 Å². The molecule has 0 saturated carbocycles. The van der Waals surface area contributed by atoms with Crippen molar-refractivity contribution in [2.75, 3.05) is 11.1 Å². The zero-order valence-electron chi connectivity index (χ0n) is 10.8. The Bertz CT molecular complexity index is 393. The molecule has 0 aliphatic rings. The van der Waals surface area contributed by atoms with Crippen molar-refractivity contribution < 1.29 is 9.53 Å². The van der Waals surface area contributed by atoms with Gasteiger partial charge < -0.3 is 10.5 Å². The lowest BCUT2D eigenvalue weighted by Crippen LogP contribution is -2.27. The molecule has 3 N–H and O–H groups in total. The Hall–Kier alpha value is -1.72. The van der Waals surface area contributed by atoms with Crippen molar-refractivity contribution in [1.29, 1.82) is 0 Å². The maximum atomic E-state index is 11.5. The molecule has 6 nitrogen and oxygen atoms in total. The minimum atomic E-state index is -0.530. The van der Waals surface area contributed by atoms with E-state index >= 15 is 0 Å². The third-order valence-electron chi connectivity index (χ3n) is 1.88. The Balaban J connectivity index is 2.65. The molecule has 17 heavy (non-hydrogen) atoms. The second-order valence-corrected chi connectivity index (χ2v) is 4.82. The molecule has 0 unspecified atom stereocenters. The van der Waals surface area contributed by atoms with E-state index in [1.54, 1.807) is 31.6 Å². The number of hydrogen-bond acceptors (Lipinski definition) is 4. The standard InChI is InChI=1S/C11H20N4O2/c1-5-6-15-7-8(9(12)14-15)13-10(16)17-11(2,3)4/h7H,5-6H2,1-4H3,(H2,12,14)(H,13,16). The van der Waals surface area contributed by atoms with E-state index in [-0.39, 0.29) is 0 Å². The molecule has 0 saturated heterocycles. The van der Waals surface area contributed by atoms with Crippen LogP contribution in [0.2, 0.25) is 0 Å². The second-order valence-electron chi connectivity index (χ2n) is 4.82. The summed E-state index contributed by atoms with van der Waals surface area (Å²) >= 11 is 0. The van der Waals surface area contributed by atoms with Crippen molar-refractivity contribution >= 4 is 17.6 Å². The molecule has 0 spiro atoms. The van der Waals surface area contributed by atoms with Crippen LogP contribution in [0.15, 0.2) is 6.20 Å². The number of nitrogens with two attached hydrogens (primary N) is 1. The largest absolute Gasteiger partial charge is 0.444 e. The van der Waals surface area contributed by atoms with Crippen molar-refractivity contribution in [3.05, 3.63) is 6.20 Å². The number of nitrogens with one attached hydrogen (secondary N) is 1. The molecule has 0 aromatic carbocycles. The van der Waals surface area contributed by atoms with Gasteiger partial charge in [-0.25, -0.2) is 4.79 Å². The Morgan fingerprint density at radius 2 is 2.24 bits per heavy atom. The predicted molar refractivity (Wildman–Crippen MR) is 66.8 cm³/mol. The van der Waals surface area contributed by atoms with Gasteiger partial charge in [0.1, 0.15) is 11.3 Å². The molecule has 1 aromatic rings. The summed E-state index contributed by atoms with van der Waals surface area (Å²) in [6.07, 6.45) is 2.12. The van der Waals surface area contributed by atoms with Crippen LogP contribution in [0.4, 0.5) is 16.3 Å². The first-order valence-corrected chi connectivity index (χ1v) is 5.64. The highest BCUT2D eigenvalue weighted by Crippen LogP contribution is 2.17. The summed E-state index contributed by atoms with van der Waals surface area (Å²) in [5.41, 5.74) is 5.63. The SMILES string of the molecule is CCCn1cc(NC(=O)OC(C)(C)C)c(N)n1. The van der Waals surface area contributed by atoms with Crippen molar-refractivity contribution in [3.63, 3.8) is 0 Å². The van der Waals surface area contributed by atoms with Crippen molar-refractivity contribution in [2.24, 2.45) is 0 Å². The fraction of sp³-hybridized carbons (Fsp3) is 0.636. The molecule has 6 heteroatoms. The van der Waals surface area contributed by atoms with E-state index in [9.17, 15) is 4.79 Å². The molecule has 1 aromatic heterocycles. The number of ether oxygens (including phenoxy) is 1. The molecule has 0 fully saturated rings. The second kappa shape index (κ2) is 5.07. The average molecular weight is 240 g/mol. The van der Waals surface area contributed by atoms with Crippen LogP contribution >= 0.6 is 0 Å². The summed E-state index contributed by atoms with van der Waals surface area (Å²) < 4.78 is 6.82. The van der Waals surface area contributed by atoms with Crippen LogP contribution in [0.25, 0.3) is 0 Å². The molecule has 1 amide bonds. The van der Waals surface area contributed by atoms with Gasteiger partial charge in [-0.2, -0.15) is 5.10 Å². The molecule has 0 atom stereocenters. The Labute approximate surface area is 101 Å². The van der Waals surface area contributed by atoms with Crippen LogP contribution in [0.5, 0.6) is 0 Å². The minimum absolute atomic E-state index is 0.296. The molecular weight excluding hydrogens is 220 g/mol. The van der Waals surface area contributed by atoms with Crippen LogP contribution in [0, 0.1) is 0 Å². The number of aromatic nitrogens is 2. The summed E-state index contributed by atoms with van der Waals surface area (Å²) in [7, 11) is 0. The first kappa shape index (κ1) is 13.3. The number of nitrogen functional groups attached to an aromatic ring is 1. The average Bonchev–Trinajstić information content (AvgIpc) is 2.44. The summed E-state index contributed by atoms with van der Waals surface area (Å²) in [5, 5.41) is 6.65. The number of carbonyl (C=O) groups excluding carboxylic acids is 1. The fourth-order valence-corrected chi connectivity index (χ4v) is 1.29. The number of carbonyl (C=O) groups is 1. The van der Waals surface area contributed by atoms with Gasteiger partial charge in [-0.1, -0.05) is 6.92 Å². The Morgan fingerprint density at radius 3 is 2.76 bits per heavy atom. The maximum absolute atomic E-state index is 11.5. The van der Waals surface area contributed by atoms with E-state index in [2.05, 4.69) is 10.4 Å². The van der Waals surface area contributed by atoms with Crippen LogP contribution in [0.1, 0.15) is 34.1 Å². The lowest BCUT2D eigenvalue weighted by atomic mass is 10.2. The zero-order valence-corrected chi connectivity index (χ0v) is 10.8. The highest BCUT2D eigenvalue weighted by Gasteiger charge is 2.17. The van der Waals surface area contributed by atoms with Gasteiger partial charge in [0.25, 0.3) is 0 Å². The van der Waals surface area contributed by atoms with E-state index in [0.717, 1.165) is 13.0 Å². The number of hydrogen-bond donors (Lipinski definition) is 2. The van der Waals surface area contributed by atoms with Crippen LogP contribution in [-0.2, 0) is 11.3 Å². The minimum Gasteiger partial charge on any atom is -0.444 e. The lowest BCUT2D eigenvalue weighted by Gasteiger charge is -2.19. The van der Waals surface area contributed by atoms with Gasteiger partial charge in [0.15, 0.2) is 5.82 Å². The number of anilines is 2. The number of amides is 1.